The van der Waals surface area contributed by atoms with Crippen LogP contribution in [0.3, 0.4) is 0 Å². The number of phenols is 2. The van der Waals surface area contributed by atoms with E-state index in [1.165, 1.54) is 94.3 Å². The van der Waals surface area contributed by atoms with Gasteiger partial charge in [-0.2, -0.15) is 0 Å². The Labute approximate surface area is 282 Å². The maximum atomic E-state index is 14.4. The van der Waals surface area contributed by atoms with E-state index in [1.54, 1.807) is 0 Å². The molecule has 1 amide bonds. The second-order valence-electron chi connectivity index (χ2n) is 10.5. The van der Waals surface area contributed by atoms with Crippen LogP contribution < -0.4 is 16.0 Å². The molecular weight excluding hydrogens is 643 g/mol. The molecule has 0 spiro atoms. The van der Waals surface area contributed by atoms with Gasteiger partial charge in [-0.3, -0.25) is 4.79 Å². The number of benzene rings is 4. The van der Waals surface area contributed by atoms with Crippen molar-refractivity contribution in [1.29, 1.82) is 0 Å². The highest BCUT2D eigenvalue weighted by Crippen LogP contribution is 2.35. The SMILES string of the molecule is C1CCNC1.C1CCNC1.CO.CO.O=C(O)c1ccc(F)c(-c2cc(NC(=O)c3ccc(O)c(-c4ccc(F)c(F)c4)c3)ccc2O)c1. The number of carbonyl (C=O) groups is 2. The first kappa shape index (κ1) is 40.2. The Morgan fingerprint density at radius 2 is 1.10 bits per heavy atom. The number of anilines is 1. The number of rotatable bonds is 5. The third-order valence-corrected chi connectivity index (χ3v) is 7.16. The van der Waals surface area contributed by atoms with Crippen molar-refractivity contribution in [3.05, 3.63) is 101 Å². The summed E-state index contributed by atoms with van der Waals surface area (Å²) in [6.07, 6.45) is 5.56. The summed E-state index contributed by atoms with van der Waals surface area (Å²) in [5, 5.41) is 52.5. The molecule has 0 unspecified atom stereocenters. The average Bonchev–Trinajstić information content (AvgIpc) is 3.90. The zero-order valence-corrected chi connectivity index (χ0v) is 27.3. The van der Waals surface area contributed by atoms with E-state index >= 15 is 0 Å². The van der Waals surface area contributed by atoms with Gasteiger partial charge in [0.25, 0.3) is 5.91 Å². The molecule has 2 aliphatic heterocycles. The number of carboxylic acids is 1. The Morgan fingerprint density at radius 1 is 0.592 bits per heavy atom. The third-order valence-electron chi connectivity index (χ3n) is 7.16. The predicted molar refractivity (Wildman–Crippen MR) is 182 cm³/mol. The fourth-order valence-electron chi connectivity index (χ4n) is 4.72. The van der Waals surface area contributed by atoms with Crippen LogP contribution in [-0.4, -0.2) is 77.8 Å². The van der Waals surface area contributed by atoms with Crippen molar-refractivity contribution in [2.45, 2.75) is 25.7 Å². The van der Waals surface area contributed by atoms with Gasteiger partial charge in [-0.1, -0.05) is 6.07 Å². The molecule has 6 rings (SSSR count). The van der Waals surface area contributed by atoms with Crippen LogP contribution >= 0.6 is 0 Å². The topological polar surface area (TPSA) is 171 Å². The van der Waals surface area contributed by atoms with Crippen molar-refractivity contribution in [3.63, 3.8) is 0 Å². The number of hydrogen-bond donors (Lipinski definition) is 8. The summed E-state index contributed by atoms with van der Waals surface area (Å²) < 4.78 is 41.3. The number of hydrogen-bond acceptors (Lipinski definition) is 8. The fourth-order valence-corrected chi connectivity index (χ4v) is 4.72. The van der Waals surface area contributed by atoms with E-state index in [-0.39, 0.29) is 50.6 Å². The summed E-state index contributed by atoms with van der Waals surface area (Å²) >= 11 is 0. The Hall–Kier alpha value is -4.95. The van der Waals surface area contributed by atoms with Crippen LogP contribution in [0.25, 0.3) is 22.3 Å². The molecule has 0 bridgehead atoms. The number of carboxylic acid groups (broad SMARTS) is 1. The summed E-state index contributed by atoms with van der Waals surface area (Å²) in [6, 6.07) is 13.8. The van der Waals surface area contributed by atoms with Gasteiger partial charge in [-0.15, -0.1) is 0 Å². The van der Waals surface area contributed by atoms with Gasteiger partial charge in [-0.25, -0.2) is 18.0 Å². The average molecular weight is 686 g/mol. The summed E-state index contributed by atoms with van der Waals surface area (Å²) in [4.78, 5) is 24.1. The normalized spacial score (nSPS) is 12.8. The lowest BCUT2D eigenvalue weighted by atomic mass is 10.00. The number of aromatic carboxylic acids is 1. The highest BCUT2D eigenvalue weighted by atomic mass is 19.2. The van der Waals surface area contributed by atoms with Crippen LogP contribution in [0.1, 0.15) is 46.4 Å². The van der Waals surface area contributed by atoms with E-state index < -0.39 is 29.3 Å². The highest BCUT2D eigenvalue weighted by Gasteiger charge is 2.17. The molecule has 49 heavy (non-hydrogen) atoms. The summed E-state index contributed by atoms with van der Waals surface area (Å²) in [6.45, 7) is 5.00. The van der Waals surface area contributed by atoms with Crippen LogP contribution in [0, 0.1) is 17.5 Å². The van der Waals surface area contributed by atoms with Crippen LogP contribution in [0.5, 0.6) is 11.5 Å². The maximum Gasteiger partial charge on any atom is 0.335 e. The number of phenolic OH excluding ortho intramolecular Hbond substituents is 2. The van der Waals surface area contributed by atoms with Gasteiger partial charge in [0.15, 0.2) is 11.6 Å². The molecule has 0 aromatic heterocycles. The summed E-state index contributed by atoms with van der Waals surface area (Å²) in [5.74, 6) is -5.47. The second-order valence-corrected chi connectivity index (χ2v) is 10.5. The van der Waals surface area contributed by atoms with Crippen molar-refractivity contribution in [2.24, 2.45) is 0 Å². The van der Waals surface area contributed by atoms with E-state index in [0.717, 1.165) is 44.6 Å². The Balaban J connectivity index is 0.000000497. The van der Waals surface area contributed by atoms with E-state index in [9.17, 15) is 33.0 Å². The Kier molecular flexibility index (Phi) is 17.3. The minimum Gasteiger partial charge on any atom is -0.507 e. The van der Waals surface area contributed by atoms with E-state index in [4.69, 9.17) is 15.3 Å². The van der Waals surface area contributed by atoms with Gasteiger partial charge in [0.2, 0.25) is 0 Å². The lowest BCUT2D eigenvalue weighted by molar-refractivity contribution is 0.0696. The standard InChI is InChI=1S/C26H16F3NO5.2C4H9N.2CH4O/c27-20-5-2-15(26(34)35)10-18(20)19-12-16(4-8-24(19)32)30-25(33)14-3-7-23(31)17(9-14)13-1-6-21(28)22(29)11-13;2*1-2-4-5-3-1;2*1-2/h1-12,31-32H,(H,30,33)(H,34,35);2*5H,1-4H2;2*2H,1H3. The zero-order valence-electron chi connectivity index (χ0n) is 27.3. The zero-order chi connectivity index (χ0) is 36.3. The lowest BCUT2D eigenvalue weighted by Gasteiger charge is -2.12. The third kappa shape index (κ3) is 12.2. The van der Waals surface area contributed by atoms with Crippen molar-refractivity contribution in [1.82, 2.24) is 10.6 Å². The molecular formula is C36H42F3N3O7. The minimum atomic E-state index is -1.28. The van der Waals surface area contributed by atoms with E-state index in [2.05, 4.69) is 16.0 Å². The first-order chi connectivity index (χ1) is 23.6. The Bertz CT molecular complexity index is 1640. The van der Waals surface area contributed by atoms with Gasteiger partial charge in [0.1, 0.15) is 17.3 Å². The Morgan fingerprint density at radius 3 is 1.63 bits per heavy atom. The molecule has 264 valence electrons. The van der Waals surface area contributed by atoms with E-state index in [0.29, 0.717) is 0 Å². The number of halogens is 3. The smallest absolute Gasteiger partial charge is 0.335 e. The quantitative estimate of drug-likeness (QED) is 0.122. The highest BCUT2D eigenvalue weighted by molar-refractivity contribution is 6.05. The largest absolute Gasteiger partial charge is 0.507 e. The second kappa shape index (κ2) is 21.1. The number of carbonyl (C=O) groups excluding carboxylic acids is 1. The van der Waals surface area contributed by atoms with Gasteiger partial charge in [0, 0.05) is 42.2 Å². The number of aliphatic hydroxyl groups is 2. The first-order valence-electron chi connectivity index (χ1n) is 15.4. The maximum absolute atomic E-state index is 14.4. The molecule has 0 saturated carbocycles. The van der Waals surface area contributed by atoms with Crippen molar-refractivity contribution in [2.75, 3.05) is 45.7 Å². The number of aliphatic hydroxyl groups excluding tert-OH is 2. The molecule has 2 fully saturated rings. The fraction of sp³-hybridized carbons (Fsp3) is 0.278. The predicted octanol–water partition coefficient (Wildman–Crippen LogP) is 5.76. The first-order valence-corrected chi connectivity index (χ1v) is 15.4. The molecule has 2 heterocycles. The van der Waals surface area contributed by atoms with Crippen LogP contribution in [0.2, 0.25) is 0 Å². The van der Waals surface area contributed by atoms with Gasteiger partial charge in [-0.05, 0) is 124 Å². The summed E-state index contributed by atoms with van der Waals surface area (Å²) in [5.41, 5.74) is 0.0540. The van der Waals surface area contributed by atoms with Crippen molar-refractivity contribution in [3.8, 4) is 33.8 Å². The van der Waals surface area contributed by atoms with Gasteiger partial charge < -0.3 is 41.5 Å². The molecule has 10 nitrogen and oxygen atoms in total. The van der Waals surface area contributed by atoms with Gasteiger partial charge >= 0.3 is 5.97 Å². The number of amides is 1. The number of aromatic hydroxyl groups is 2. The van der Waals surface area contributed by atoms with Crippen LogP contribution in [0.4, 0.5) is 18.9 Å². The molecule has 4 aromatic carbocycles. The molecule has 2 aliphatic rings. The van der Waals surface area contributed by atoms with Crippen molar-refractivity contribution < 1.29 is 48.3 Å². The number of nitrogens with one attached hydrogen (secondary N) is 3. The lowest BCUT2D eigenvalue weighted by Crippen LogP contribution is -2.12. The van der Waals surface area contributed by atoms with E-state index in [1.807, 2.05) is 0 Å². The molecule has 13 heteroatoms. The van der Waals surface area contributed by atoms with Crippen molar-refractivity contribution >= 4 is 17.6 Å². The monoisotopic (exact) mass is 685 g/mol. The van der Waals surface area contributed by atoms with Gasteiger partial charge in [0.05, 0.1) is 5.56 Å². The molecule has 4 aromatic rings. The summed E-state index contributed by atoms with van der Waals surface area (Å²) in [7, 11) is 2.00. The molecule has 0 atom stereocenters. The molecule has 8 N–H and O–H groups in total. The van der Waals surface area contributed by atoms with Crippen LogP contribution in [-0.2, 0) is 0 Å². The minimum absolute atomic E-state index is 0.0448. The van der Waals surface area contributed by atoms with Crippen LogP contribution in [0.15, 0.2) is 72.8 Å². The molecule has 2 saturated heterocycles. The molecule has 0 radical (unpaired) electrons. The molecule has 0 aliphatic carbocycles.